The van der Waals surface area contributed by atoms with Crippen LogP contribution >= 0.6 is 0 Å². The van der Waals surface area contributed by atoms with Crippen LogP contribution in [0.3, 0.4) is 0 Å². The first kappa shape index (κ1) is 44.7. The van der Waals surface area contributed by atoms with Crippen LogP contribution in [-0.4, -0.2) is 91.6 Å². The summed E-state index contributed by atoms with van der Waals surface area (Å²) in [6.45, 7) is 19.4. The van der Waals surface area contributed by atoms with E-state index in [4.69, 9.17) is 24.0 Å². The summed E-state index contributed by atoms with van der Waals surface area (Å²) in [7, 11) is 0. The highest BCUT2D eigenvalue weighted by Crippen LogP contribution is 2.48. The number of allylic oxidation sites excluding steroid dienone is 1. The van der Waals surface area contributed by atoms with Gasteiger partial charge in [0.2, 0.25) is 11.7 Å². The van der Waals surface area contributed by atoms with E-state index in [0.717, 1.165) is 6.42 Å². The predicted molar refractivity (Wildman–Crippen MR) is 201 cm³/mol. The van der Waals surface area contributed by atoms with E-state index in [9.17, 15) is 30.2 Å². The van der Waals surface area contributed by atoms with E-state index >= 15 is 0 Å². The lowest BCUT2D eigenvalue weighted by atomic mass is 9.74. The molecule has 4 rings (SSSR count). The molecule has 1 amide bonds. The lowest BCUT2D eigenvalue weighted by Gasteiger charge is -2.46. The molecule has 1 spiro atoms. The van der Waals surface area contributed by atoms with Gasteiger partial charge in [0.05, 0.1) is 47.6 Å². The maximum Gasteiger partial charge on any atom is 0.249 e. The Bertz CT molecular complexity index is 1330. The highest BCUT2D eigenvalue weighted by Gasteiger charge is 2.58. The summed E-state index contributed by atoms with van der Waals surface area (Å²) in [5.41, 5.74) is 0.154. The quantitative estimate of drug-likeness (QED) is 0.0652. The largest absolute Gasteiger partial charge is 0.410 e. The van der Waals surface area contributed by atoms with Crippen LogP contribution in [0.5, 0.6) is 0 Å². The lowest BCUT2D eigenvalue weighted by molar-refractivity contribution is -0.435. The van der Waals surface area contributed by atoms with Crippen molar-refractivity contribution in [3.63, 3.8) is 0 Å². The van der Waals surface area contributed by atoms with E-state index in [1.54, 1.807) is 18.5 Å². The molecule has 0 aromatic rings. The van der Waals surface area contributed by atoms with Crippen LogP contribution in [0.4, 0.5) is 0 Å². The summed E-state index contributed by atoms with van der Waals surface area (Å²) in [5.74, 6) is -4.61. The molecule has 4 aliphatic rings. The van der Waals surface area contributed by atoms with E-state index in [1.165, 1.54) is 0 Å². The molecule has 13 nitrogen and oxygen atoms in total. The van der Waals surface area contributed by atoms with Gasteiger partial charge in [0.1, 0.15) is 17.6 Å². The fourth-order valence-corrected chi connectivity index (χ4v) is 9.71. The second-order valence-electron chi connectivity index (χ2n) is 17.3. The molecule has 0 saturated carbocycles. The maximum absolute atomic E-state index is 14.5. The average molecular weight is 767 g/mol. The van der Waals surface area contributed by atoms with Gasteiger partial charge in [0.15, 0.2) is 0 Å². The molecule has 0 aromatic heterocycles. The van der Waals surface area contributed by atoms with Crippen molar-refractivity contribution in [1.82, 2.24) is 5.48 Å². The maximum atomic E-state index is 14.5. The van der Waals surface area contributed by atoms with Gasteiger partial charge in [0, 0.05) is 24.2 Å². The predicted octanol–water partition coefficient (Wildman–Crippen LogP) is 6.28. The van der Waals surface area contributed by atoms with Crippen molar-refractivity contribution in [2.24, 2.45) is 46.6 Å². The molecule has 2 unspecified atom stereocenters. The van der Waals surface area contributed by atoms with Crippen LogP contribution < -0.4 is 5.48 Å². The Morgan fingerprint density at radius 2 is 1.65 bits per heavy atom. The molecule has 4 aliphatic heterocycles. The van der Waals surface area contributed by atoms with E-state index in [1.807, 2.05) is 54.5 Å². The van der Waals surface area contributed by atoms with Crippen LogP contribution in [0.1, 0.15) is 133 Å². The number of carbonyl (C=O) groups is 2. The Kier molecular flexibility index (Phi) is 15.4. The first-order chi connectivity index (χ1) is 25.4. The molecule has 13 heteroatoms. The SMILES string of the molecule is CCC(C(=O)NO)[C@H]1CC[C@H](C)C([C@@H](C)[C@H](O)[C@H](C)C(=O)[C@H](CC)[C@H]2OO[C@@]3(CC[C@@](C)([C@H]4CC[C@](O)(CC)[C@H](C)O4)O3)C(=N/O)/C=C\[C@H](C)C[C@@H]2C)O1. The van der Waals surface area contributed by atoms with Crippen molar-refractivity contribution in [1.29, 1.82) is 0 Å². The monoisotopic (exact) mass is 766 g/mol. The van der Waals surface area contributed by atoms with Gasteiger partial charge in [-0.05, 0) is 95.5 Å². The van der Waals surface area contributed by atoms with Gasteiger partial charge >= 0.3 is 0 Å². The second-order valence-corrected chi connectivity index (χ2v) is 17.3. The molecule has 0 aromatic carbocycles. The van der Waals surface area contributed by atoms with Crippen molar-refractivity contribution in [3.05, 3.63) is 12.2 Å². The molecule has 0 aliphatic carbocycles. The number of amides is 1. The van der Waals surface area contributed by atoms with Crippen molar-refractivity contribution >= 4 is 17.4 Å². The van der Waals surface area contributed by atoms with Gasteiger partial charge < -0.3 is 29.6 Å². The fraction of sp³-hybridized carbons (Fsp3) is 0.878. The topological polar surface area (TPSA) is 186 Å². The minimum atomic E-state index is -1.59. The van der Waals surface area contributed by atoms with Crippen LogP contribution in [0.25, 0.3) is 0 Å². The fourth-order valence-electron chi connectivity index (χ4n) is 9.71. The molecule has 0 bridgehead atoms. The Balaban J connectivity index is 1.55. The zero-order chi connectivity index (χ0) is 40.2. The number of hydrogen-bond donors (Lipinski definition) is 5. The van der Waals surface area contributed by atoms with Crippen LogP contribution in [0.15, 0.2) is 17.3 Å². The Labute approximate surface area is 322 Å². The first-order valence-corrected chi connectivity index (χ1v) is 20.6. The third-order valence-electron chi connectivity index (χ3n) is 13.6. The van der Waals surface area contributed by atoms with E-state index in [2.05, 4.69) is 19.0 Å². The second kappa shape index (κ2) is 18.5. The number of nitrogens with zero attached hydrogens (tertiary/aromatic N) is 1. The van der Waals surface area contributed by atoms with E-state index < -0.39 is 77.1 Å². The first-order valence-electron chi connectivity index (χ1n) is 20.6. The van der Waals surface area contributed by atoms with Crippen molar-refractivity contribution < 1.29 is 54.2 Å². The molecular formula is C41H70N2O11. The molecular weight excluding hydrogens is 696 g/mol. The molecule has 54 heavy (non-hydrogen) atoms. The molecule has 3 fully saturated rings. The van der Waals surface area contributed by atoms with Gasteiger partial charge in [0.25, 0.3) is 0 Å². The van der Waals surface area contributed by atoms with Gasteiger partial charge in [-0.2, -0.15) is 4.89 Å². The summed E-state index contributed by atoms with van der Waals surface area (Å²) >= 11 is 0. The van der Waals surface area contributed by atoms with Crippen molar-refractivity contribution in [2.75, 3.05) is 0 Å². The number of oxime groups is 1. The number of rotatable bonds is 12. The lowest BCUT2D eigenvalue weighted by Crippen LogP contribution is -2.56. The van der Waals surface area contributed by atoms with Crippen LogP contribution in [-0.2, 0) is 33.6 Å². The zero-order valence-electron chi connectivity index (χ0n) is 34.3. The number of Topliss-reactive ketones (excluding diaryl/α,β-unsaturated/α-hetero) is 1. The standard InChI is InChI=1S/C41H70N2O11/c1-11-29(38(46)43-49)31-16-15-24(5)36(51-31)27(8)34(44)26(7)35(45)30(12-2)37-25(6)22-23(4)14-17-32(42-48)41(54-52-37)21-20-39(10,53-41)33-18-19-40(47,13-3)28(9)50-33/h14,17,23-31,33-34,36-37,44,47-49H,11-13,15-16,18-22H2,1-10H3,(H,43,46)/b17-14-,42-32+/t23-,24-,25-,26-,27-,28-,29?,30-,31+,33+,34+,36?,37-,39-,40+,41-/m0/s1. The Morgan fingerprint density at radius 3 is 2.24 bits per heavy atom. The number of nitrogens with one attached hydrogen (secondary N) is 1. The third-order valence-corrected chi connectivity index (χ3v) is 13.6. The minimum Gasteiger partial charge on any atom is -0.410 e. The summed E-state index contributed by atoms with van der Waals surface area (Å²) < 4.78 is 19.6. The van der Waals surface area contributed by atoms with Crippen molar-refractivity contribution in [2.45, 2.75) is 187 Å². The molecule has 3 saturated heterocycles. The molecule has 5 N–H and O–H groups in total. The summed E-state index contributed by atoms with van der Waals surface area (Å²) in [4.78, 5) is 39.6. The number of carbonyl (C=O) groups excluding carboxylic acids is 2. The van der Waals surface area contributed by atoms with Crippen LogP contribution in [0, 0.1) is 41.4 Å². The normalized spacial score (nSPS) is 42.1. The average Bonchev–Trinajstić information content (AvgIpc) is 3.51. The zero-order valence-corrected chi connectivity index (χ0v) is 34.3. The third kappa shape index (κ3) is 9.25. The number of ether oxygens (including phenoxy) is 3. The van der Waals surface area contributed by atoms with Gasteiger partial charge in [-0.1, -0.05) is 66.6 Å². The molecule has 0 radical (unpaired) electrons. The highest BCUT2D eigenvalue weighted by molar-refractivity contribution is 6.00. The minimum absolute atomic E-state index is 0.0356. The number of ketones is 1. The molecule has 16 atom stereocenters. The van der Waals surface area contributed by atoms with Gasteiger partial charge in [-0.25, -0.2) is 10.4 Å². The highest BCUT2D eigenvalue weighted by atomic mass is 17.2. The molecule has 310 valence electrons. The van der Waals surface area contributed by atoms with Gasteiger partial charge in [-0.15, -0.1) is 0 Å². The van der Waals surface area contributed by atoms with E-state index in [0.29, 0.717) is 57.8 Å². The summed E-state index contributed by atoms with van der Waals surface area (Å²) in [6, 6.07) is 0. The number of hydroxylamine groups is 1. The number of aliphatic hydroxyl groups is 2. The van der Waals surface area contributed by atoms with E-state index in [-0.39, 0.29) is 35.4 Å². The Morgan fingerprint density at radius 1 is 0.963 bits per heavy atom. The number of hydrogen-bond acceptors (Lipinski definition) is 12. The van der Waals surface area contributed by atoms with Crippen molar-refractivity contribution in [3.8, 4) is 0 Å². The summed E-state index contributed by atoms with van der Waals surface area (Å²) in [5, 5.41) is 46.1. The number of aliphatic hydroxyl groups excluding tert-OH is 1. The Hall–Kier alpha value is -1.97. The summed E-state index contributed by atoms with van der Waals surface area (Å²) in [6.07, 6.45) is 5.91. The molecule has 4 heterocycles. The smallest absolute Gasteiger partial charge is 0.249 e. The van der Waals surface area contributed by atoms with Gasteiger partial charge in [-0.3, -0.25) is 14.8 Å². The van der Waals surface area contributed by atoms with Crippen LogP contribution in [0.2, 0.25) is 0 Å².